The number of fused-ring (bicyclic) bond motifs is 2. The quantitative estimate of drug-likeness (QED) is 0.343. The lowest BCUT2D eigenvalue weighted by Crippen LogP contribution is -2.55. The molecule has 9 nitrogen and oxygen atoms in total. The minimum atomic E-state index is -0.674. The Morgan fingerprint density at radius 3 is 2.43 bits per heavy atom. The van der Waals surface area contributed by atoms with Crippen molar-refractivity contribution in [2.45, 2.75) is 95.5 Å². The summed E-state index contributed by atoms with van der Waals surface area (Å²) in [5.41, 5.74) is 2.36. The van der Waals surface area contributed by atoms with E-state index in [-0.39, 0.29) is 42.5 Å². The van der Waals surface area contributed by atoms with Crippen molar-refractivity contribution in [3.05, 3.63) is 71.9 Å². The molecule has 3 aliphatic rings. The first-order chi connectivity index (χ1) is 21.2. The average molecular weight is 601 g/mol. The fraction of sp³-hybridized carbons (Fsp3) is 0.514. The van der Waals surface area contributed by atoms with E-state index in [2.05, 4.69) is 16.4 Å². The molecule has 3 heterocycles. The molecule has 3 fully saturated rings. The molecule has 2 aliphatic heterocycles. The maximum absolute atomic E-state index is 14.6. The lowest BCUT2D eigenvalue weighted by Gasteiger charge is -2.36. The summed E-state index contributed by atoms with van der Waals surface area (Å²) in [6, 6.07) is 16.7. The molecular weight excluding hydrogens is 556 g/mol. The van der Waals surface area contributed by atoms with Crippen LogP contribution in [0, 0.1) is 5.92 Å². The van der Waals surface area contributed by atoms with Crippen molar-refractivity contribution in [1.82, 2.24) is 20.1 Å². The first kappa shape index (κ1) is 30.0. The van der Waals surface area contributed by atoms with Crippen LogP contribution in [0.1, 0.15) is 76.3 Å². The van der Waals surface area contributed by atoms with Gasteiger partial charge < -0.3 is 29.6 Å². The highest BCUT2D eigenvalue weighted by Crippen LogP contribution is 2.44. The van der Waals surface area contributed by atoms with Crippen molar-refractivity contribution in [3.63, 3.8) is 0 Å². The number of H-pyrrole nitrogens is 1. The van der Waals surface area contributed by atoms with Gasteiger partial charge in [-0.3, -0.25) is 4.79 Å². The molecule has 2 unspecified atom stereocenters. The summed E-state index contributed by atoms with van der Waals surface area (Å²) in [7, 11) is 0. The number of ether oxygens (including phenoxy) is 2. The van der Waals surface area contributed by atoms with Gasteiger partial charge in [-0.25, -0.2) is 9.59 Å². The predicted molar refractivity (Wildman–Crippen MR) is 168 cm³/mol. The standard InChI is InChI=1S/C35H44N4O5/c1-35(2,3)44-33(41)37-30(24-14-8-5-9-15-24)32(40)38-19-18-29-31(38)27(26-20-36-28-17-11-10-16-25(26)28)21-39(29)34(42)43-22-23-12-6-4-7-13-23/h4,6-7,10-13,16-17,20,24,27,29-31,36H,5,8-9,14-15,18-19,21-22H2,1-3H3,(H,37,41)/t27?,29-,30?,31-/m1/s1. The Morgan fingerprint density at radius 1 is 0.955 bits per heavy atom. The predicted octanol–water partition coefficient (Wildman–Crippen LogP) is 6.35. The van der Waals surface area contributed by atoms with Crippen molar-refractivity contribution < 1.29 is 23.9 Å². The number of carbonyl (C=O) groups excluding carboxylic acids is 3. The van der Waals surface area contributed by atoms with Gasteiger partial charge in [-0.05, 0) is 63.1 Å². The molecule has 1 aliphatic carbocycles. The Kier molecular flexibility index (Phi) is 8.56. The molecule has 0 bridgehead atoms. The summed E-state index contributed by atoms with van der Waals surface area (Å²) in [5, 5.41) is 4.08. The number of para-hydroxylation sites is 1. The number of hydrogen-bond donors (Lipinski definition) is 2. The molecule has 4 atom stereocenters. The molecule has 3 aromatic rings. The molecule has 3 amide bonds. The Hall–Kier alpha value is -4.01. The molecule has 9 heteroatoms. The highest BCUT2D eigenvalue weighted by molar-refractivity contribution is 5.88. The molecule has 0 spiro atoms. The number of rotatable bonds is 6. The minimum absolute atomic E-state index is 0.0442. The third kappa shape index (κ3) is 6.28. The number of benzene rings is 2. The van der Waals surface area contributed by atoms with Crippen LogP contribution in [0.2, 0.25) is 0 Å². The number of nitrogens with zero attached hydrogens (tertiary/aromatic N) is 2. The van der Waals surface area contributed by atoms with E-state index in [1.807, 2.05) is 85.3 Å². The second-order valence-corrected chi connectivity index (χ2v) is 13.5. The van der Waals surface area contributed by atoms with Crippen molar-refractivity contribution >= 4 is 29.0 Å². The normalized spacial score (nSPS) is 22.9. The summed E-state index contributed by atoms with van der Waals surface area (Å²) >= 11 is 0. The molecule has 234 valence electrons. The zero-order valence-electron chi connectivity index (χ0n) is 26.0. The molecule has 6 rings (SSSR count). The van der Waals surface area contributed by atoms with Crippen LogP contribution in [0.25, 0.3) is 10.9 Å². The Balaban J connectivity index is 1.29. The van der Waals surface area contributed by atoms with Crippen LogP contribution in [-0.2, 0) is 20.9 Å². The van der Waals surface area contributed by atoms with Gasteiger partial charge in [0.2, 0.25) is 5.91 Å². The SMILES string of the molecule is CC(C)(C)OC(=O)NC(C(=O)N1CC[C@@H]2[C@H]1C(c1c[nH]c3ccccc13)CN2C(=O)OCc1ccccc1)C1CCCCC1. The van der Waals surface area contributed by atoms with E-state index in [9.17, 15) is 14.4 Å². The van der Waals surface area contributed by atoms with Gasteiger partial charge in [0, 0.05) is 36.1 Å². The third-order valence-corrected chi connectivity index (χ3v) is 9.43. The monoisotopic (exact) mass is 600 g/mol. The van der Waals surface area contributed by atoms with E-state index in [1.54, 1.807) is 0 Å². The molecule has 44 heavy (non-hydrogen) atoms. The maximum atomic E-state index is 14.6. The molecule has 0 radical (unpaired) electrons. The Labute approximate surface area is 259 Å². The zero-order valence-corrected chi connectivity index (χ0v) is 26.0. The highest BCUT2D eigenvalue weighted by atomic mass is 16.6. The molecule has 2 N–H and O–H groups in total. The van der Waals surface area contributed by atoms with E-state index < -0.39 is 17.7 Å². The van der Waals surface area contributed by atoms with Crippen molar-refractivity contribution in [2.24, 2.45) is 5.92 Å². The number of aromatic amines is 1. The van der Waals surface area contributed by atoms with E-state index in [0.717, 1.165) is 54.1 Å². The molecule has 2 aromatic carbocycles. The van der Waals surface area contributed by atoms with Crippen LogP contribution in [0.3, 0.4) is 0 Å². The van der Waals surface area contributed by atoms with Gasteiger partial charge in [0.1, 0.15) is 18.2 Å². The van der Waals surface area contributed by atoms with Gasteiger partial charge in [0.15, 0.2) is 0 Å². The van der Waals surface area contributed by atoms with Gasteiger partial charge in [-0.2, -0.15) is 0 Å². The van der Waals surface area contributed by atoms with Gasteiger partial charge in [0.25, 0.3) is 0 Å². The smallest absolute Gasteiger partial charge is 0.410 e. The van der Waals surface area contributed by atoms with Crippen molar-refractivity contribution in [2.75, 3.05) is 13.1 Å². The number of nitrogens with one attached hydrogen (secondary N) is 2. The molecule has 1 aromatic heterocycles. The topological polar surface area (TPSA) is 104 Å². The van der Waals surface area contributed by atoms with Crippen LogP contribution < -0.4 is 5.32 Å². The lowest BCUT2D eigenvalue weighted by molar-refractivity contribution is -0.136. The van der Waals surface area contributed by atoms with Gasteiger partial charge >= 0.3 is 12.2 Å². The van der Waals surface area contributed by atoms with E-state index in [4.69, 9.17) is 9.47 Å². The number of alkyl carbamates (subject to hydrolysis) is 1. The van der Waals surface area contributed by atoms with E-state index in [1.165, 1.54) is 0 Å². The number of carbonyl (C=O) groups is 3. The van der Waals surface area contributed by atoms with Crippen molar-refractivity contribution in [3.8, 4) is 0 Å². The first-order valence-corrected chi connectivity index (χ1v) is 16.0. The number of hydrogen-bond acceptors (Lipinski definition) is 5. The second-order valence-electron chi connectivity index (χ2n) is 13.5. The van der Waals surface area contributed by atoms with Gasteiger partial charge in [0.05, 0.1) is 12.1 Å². The van der Waals surface area contributed by atoms with Gasteiger partial charge in [-0.1, -0.05) is 67.8 Å². The lowest BCUT2D eigenvalue weighted by atomic mass is 9.83. The second kappa shape index (κ2) is 12.5. The molecule has 2 saturated heterocycles. The summed E-state index contributed by atoms with van der Waals surface area (Å²) in [6.07, 6.45) is 6.73. The zero-order chi connectivity index (χ0) is 30.8. The van der Waals surface area contributed by atoms with Crippen LogP contribution >= 0.6 is 0 Å². The Morgan fingerprint density at radius 2 is 1.68 bits per heavy atom. The summed E-state index contributed by atoms with van der Waals surface area (Å²) in [6.45, 7) is 6.62. The summed E-state index contributed by atoms with van der Waals surface area (Å²) in [4.78, 5) is 48.3. The van der Waals surface area contributed by atoms with Crippen LogP contribution in [0.5, 0.6) is 0 Å². The van der Waals surface area contributed by atoms with Gasteiger partial charge in [-0.15, -0.1) is 0 Å². The fourth-order valence-corrected chi connectivity index (χ4v) is 7.49. The molecular formula is C35H44N4O5. The van der Waals surface area contributed by atoms with Crippen LogP contribution in [0.4, 0.5) is 9.59 Å². The van der Waals surface area contributed by atoms with Crippen LogP contribution in [0.15, 0.2) is 60.8 Å². The fourth-order valence-electron chi connectivity index (χ4n) is 7.49. The summed E-state index contributed by atoms with van der Waals surface area (Å²) in [5.74, 6) is -0.150. The number of amides is 3. The Bertz CT molecular complexity index is 1480. The average Bonchev–Trinajstić information content (AvgIpc) is 3.73. The summed E-state index contributed by atoms with van der Waals surface area (Å²) < 4.78 is 11.4. The van der Waals surface area contributed by atoms with Crippen LogP contribution in [-0.4, -0.2) is 69.7 Å². The highest BCUT2D eigenvalue weighted by Gasteiger charge is 2.54. The van der Waals surface area contributed by atoms with E-state index in [0.29, 0.717) is 19.5 Å². The minimum Gasteiger partial charge on any atom is -0.445 e. The molecule has 1 saturated carbocycles. The van der Waals surface area contributed by atoms with E-state index >= 15 is 0 Å². The maximum Gasteiger partial charge on any atom is 0.410 e. The third-order valence-electron chi connectivity index (χ3n) is 9.43. The number of likely N-dealkylation sites (tertiary alicyclic amines) is 2. The van der Waals surface area contributed by atoms with Crippen molar-refractivity contribution in [1.29, 1.82) is 0 Å². The first-order valence-electron chi connectivity index (χ1n) is 16.0. The number of aromatic nitrogens is 1. The largest absolute Gasteiger partial charge is 0.445 e.